The monoisotopic (exact) mass is 292 g/mol. The Hall–Kier alpha value is -2.48. The summed E-state index contributed by atoms with van der Waals surface area (Å²) in [7, 11) is 0. The molecule has 0 saturated heterocycles. The fourth-order valence-electron chi connectivity index (χ4n) is 1.89. The van der Waals surface area contributed by atoms with Gasteiger partial charge in [0.25, 0.3) is 5.56 Å². The maximum Gasteiger partial charge on any atom is 0.330 e. The molecular weight excluding hydrogens is 284 g/mol. The molecule has 9 heteroatoms. The molecule has 3 rings (SSSR count). The highest BCUT2D eigenvalue weighted by Crippen LogP contribution is 2.15. The van der Waals surface area contributed by atoms with E-state index in [0.717, 1.165) is 0 Å². The molecule has 0 aliphatic carbocycles. The second-order valence-electron chi connectivity index (χ2n) is 4.01. The largest absolute Gasteiger partial charge is 0.331 e. The van der Waals surface area contributed by atoms with E-state index in [1.165, 1.54) is 17.0 Å². The minimum atomic E-state index is -0.518. The van der Waals surface area contributed by atoms with Crippen LogP contribution in [0.2, 0.25) is 5.15 Å². The van der Waals surface area contributed by atoms with Gasteiger partial charge in [0.1, 0.15) is 16.4 Å². The van der Waals surface area contributed by atoms with Crippen LogP contribution in [-0.4, -0.2) is 29.5 Å². The molecule has 0 saturated carbocycles. The molecule has 8 nitrogen and oxygen atoms in total. The van der Waals surface area contributed by atoms with Gasteiger partial charge in [0.15, 0.2) is 11.5 Å². The van der Waals surface area contributed by atoms with Gasteiger partial charge in [-0.25, -0.2) is 19.7 Å². The topological polar surface area (TPSA) is 109 Å². The van der Waals surface area contributed by atoms with Gasteiger partial charge in [-0.3, -0.25) is 14.3 Å². The van der Waals surface area contributed by atoms with E-state index in [1.54, 1.807) is 6.92 Å². The number of halogens is 1. The zero-order valence-electron chi connectivity index (χ0n) is 10.3. The van der Waals surface area contributed by atoms with Crippen LogP contribution in [-0.2, 0) is 6.54 Å². The van der Waals surface area contributed by atoms with Crippen molar-refractivity contribution in [1.29, 1.82) is 0 Å². The Morgan fingerprint density at radius 1 is 1.25 bits per heavy atom. The summed E-state index contributed by atoms with van der Waals surface area (Å²) >= 11 is 5.67. The number of aromatic nitrogens is 6. The number of hydrogen-bond donors (Lipinski definition) is 2. The van der Waals surface area contributed by atoms with Crippen molar-refractivity contribution in [1.82, 2.24) is 29.5 Å². The molecule has 0 fully saturated rings. The summed E-state index contributed by atoms with van der Waals surface area (Å²) in [6.45, 7) is 2.18. The van der Waals surface area contributed by atoms with Crippen molar-refractivity contribution in [3.8, 4) is 11.5 Å². The van der Waals surface area contributed by atoms with E-state index in [2.05, 4.69) is 24.9 Å². The van der Waals surface area contributed by atoms with E-state index in [0.29, 0.717) is 18.1 Å². The van der Waals surface area contributed by atoms with Crippen LogP contribution in [0, 0.1) is 0 Å². The molecule has 3 aromatic rings. The summed E-state index contributed by atoms with van der Waals surface area (Å²) in [5.74, 6) is 0.350. The van der Waals surface area contributed by atoms with Gasteiger partial charge in [-0.2, -0.15) is 0 Å². The van der Waals surface area contributed by atoms with Gasteiger partial charge in [-0.15, -0.1) is 0 Å². The average molecular weight is 293 g/mol. The minimum Gasteiger partial charge on any atom is -0.331 e. The quantitative estimate of drug-likeness (QED) is 0.716. The number of rotatable bonds is 2. The van der Waals surface area contributed by atoms with Crippen LogP contribution < -0.4 is 11.2 Å². The molecule has 0 aliphatic rings. The number of fused-ring (bicyclic) bond motifs is 1. The van der Waals surface area contributed by atoms with Crippen LogP contribution in [0.5, 0.6) is 0 Å². The van der Waals surface area contributed by atoms with Gasteiger partial charge in [0.2, 0.25) is 0 Å². The van der Waals surface area contributed by atoms with Crippen LogP contribution in [0.3, 0.4) is 0 Å². The molecule has 2 N–H and O–H groups in total. The van der Waals surface area contributed by atoms with E-state index in [1.807, 2.05) is 0 Å². The van der Waals surface area contributed by atoms with Crippen molar-refractivity contribution in [3.05, 3.63) is 38.4 Å². The lowest BCUT2D eigenvalue weighted by Gasteiger charge is -1.99. The Bertz CT molecular complexity index is 892. The average Bonchev–Trinajstić information content (AvgIpc) is 2.85. The van der Waals surface area contributed by atoms with Crippen molar-refractivity contribution in [3.63, 3.8) is 0 Å². The van der Waals surface area contributed by atoms with Crippen molar-refractivity contribution in [2.75, 3.05) is 0 Å². The number of H-pyrrole nitrogens is 2. The normalized spacial score (nSPS) is 11.1. The highest BCUT2D eigenvalue weighted by Gasteiger charge is 2.13. The Labute approximate surface area is 116 Å². The van der Waals surface area contributed by atoms with Crippen LogP contribution in [0.1, 0.15) is 6.92 Å². The standard InChI is InChI=1S/C11H9ClN6O2/c1-2-18-9-7(10(19)17-11(18)20)15-8(16-9)5-3-14-6(12)4-13-5/h3-4H,2H2,1H3,(H,15,16)(H,17,19,20). The van der Waals surface area contributed by atoms with Crippen LogP contribution in [0.4, 0.5) is 0 Å². The SMILES string of the molecule is CCn1c(=O)[nH]c(=O)c2[nH]c(-c3cnc(Cl)cn3)nc21. The number of nitrogens with zero attached hydrogens (tertiary/aromatic N) is 4. The lowest BCUT2D eigenvalue weighted by atomic mass is 10.4. The first-order chi connectivity index (χ1) is 9.60. The molecule has 20 heavy (non-hydrogen) atoms. The summed E-state index contributed by atoms with van der Waals surface area (Å²) in [6, 6.07) is 0. The first-order valence-corrected chi connectivity index (χ1v) is 6.18. The molecule has 0 amide bonds. The van der Waals surface area contributed by atoms with Gasteiger partial charge in [0, 0.05) is 6.54 Å². The second kappa shape index (κ2) is 4.57. The molecule has 0 radical (unpaired) electrons. The lowest BCUT2D eigenvalue weighted by molar-refractivity contribution is 0.720. The van der Waals surface area contributed by atoms with Gasteiger partial charge in [-0.05, 0) is 6.92 Å². The summed E-state index contributed by atoms with van der Waals surface area (Å²) in [4.78, 5) is 40.7. The van der Waals surface area contributed by atoms with Gasteiger partial charge in [-0.1, -0.05) is 11.6 Å². The molecule has 0 bridgehead atoms. The smallest absolute Gasteiger partial charge is 0.330 e. The van der Waals surface area contributed by atoms with Crippen molar-refractivity contribution in [2.24, 2.45) is 0 Å². The molecule has 0 spiro atoms. The third kappa shape index (κ3) is 1.90. The number of nitrogens with one attached hydrogen (secondary N) is 2. The van der Waals surface area contributed by atoms with E-state index in [9.17, 15) is 9.59 Å². The Morgan fingerprint density at radius 3 is 2.70 bits per heavy atom. The molecule has 3 aromatic heterocycles. The van der Waals surface area contributed by atoms with E-state index < -0.39 is 11.2 Å². The van der Waals surface area contributed by atoms with E-state index in [4.69, 9.17) is 11.6 Å². The minimum absolute atomic E-state index is 0.221. The summed E-state index contributed by atoms with van der Waals surface area (Å²) < 4.78 is 1.36. The Balaban J connectivity index is 2.30. The van der Waals surface area contributed by atoms with E-state index >= 15 is 0 Å². The Kier molecular flexibility index (Phi) is 2.87. The number of imidazole rings is 1. The van der Waals surface area contributed by atoms with Crippen LogP contribution in [0.25, 0.3) is 22.7 Å². The molecule has 102 valence electrons. The number of aryl methyl sites for hydroxylation is 1. The highest BCUT2D eigenvalue weighted by atomic mass is 35.5. The third-order valence-electron chi connectivity index (χ3n) is 2.81. The predicted octanol–water partition coefficient (Wildman–Crippen LogP) is 0.543. The maximum absolute atomic E-state index is 11.8. The fraction of sp³-hybridized carbons (Fsp3) is 0.182. The van der Waals surface area contributed by atoms with Gasteiger partial charge < -0.3 is 4.98 Å². The molecule has 0 atom stereocenters. The molecule has 0 unspecified atom stereocenters. The first kappa shape index (κ1) is 12.5. The molecular formula is C11H9ClN6O2. The fourth-order valence-corrected chi connectivity index (χ4v) is 1.99. The first-order valence-electron chi connectivity index (χ1n) is 5.81. The Morgan fingerprint density at radius 2 is 2.05 bits per heavy atom. The zero-order valence-corrected chi connectivity index (χ0v) is 11.1. The number of hydrogen-bond acceptors (Lipinski definition) is 5. The zero-order chi connectivity index (χ0) is 14.3. The van der Waals surface area contributed by atoms with Gasteiger partial charge in [0.05, 0.1) is 12.4 Å². The summed E-state index contributed by atoms with van der Waals surface area (Å²) in [5.41, 5.74) is -0.0769. The number of aromatic amines is 2. The van der Waals surface area contributed by atoms with Gasteiger partial charge >= 0.3 is 5.69 Å². The summed E-state index contributed by atoms with van der Waals surface area (Å²) in [5, 5.41) is 0.258. The predicted molar refractivity (Wildman–Crippen MR) is 72.7 cm³/mol. The van der Waals surface area contributed by atoms with Crippen molar-refractivity contribution < 1.29 is 0 Å². The van der Waals surface area contributed by atoms with E-state index in [-0.39, 0.29) is 16.3 Å². The lowest BCUT2D eigenvalue weighted by Crippen LogP contribution is -2.29. The van der Waals surface area contributed by atoms with Crippen molar-refractivity contribution in [2.45, 2.75) is 13.5 Å². The van der Waals surface area contributed by atoms with Crippen LogP contribution >= 0.6 is 11.6 Å². The second-order valence-corrected chi connectivity index (χ2v) is 4.40. The maximum atomic E-state index is 11.8. The molecule has 3 heterocycles. The van der Waals surface area contributed by atoms with Crippen molar-refractivity contribution >= 4 is 22.8 Å². The molecule has 0 aromatic carbocycles. The summed E-state index contributed by atoms with van der Waals surface area (Å²) in [6.07, 6.45) is 2.81. The molecule has 0 aliphatic heterocycles. The third-order valence-corrected chi connectivity index (χ3v) is 3.01. The van der Waals surface area contributed by atoms with Crippen LogP contribution in [0.15, 0.2) is 22.0 Å². The highest BCUT2D eigenvalue weighted by molar-refractivity contribution is 6.29.